The molecule has 0 aliphatic rings. The number of aryl methyl sites for hydroxylation is 1. The second kappa shape index (κ2) is 6.53. The van der Waals surface area contributed by atoms with E-state index in [9.17, 15) is 0 Å². The molecule has 0 fully saturated rings. The van der Waals surface area contributed by atoms with Gasteiger partial charge in [0, 0.05) is 15.6 Å². The van der Waals surface area contributed by atoms with Crippen LogP contribution in [0.4, 0.5) is 0 Å². The van der Waals surface area contributed by atoms with E-state index in [0.29, 0.717) is 5.75 Å². The number of pyridine rings is 1. The molecule has 0 aliphatic carbocycles. The van der Waals surface area contributed by atoms with Crippen molar-refractivity contribution >= 4 is 42.8 Å². The molecule has 0 spiro atoms. The van der Waals surface area contributed by atoms with Crippen LogP contribution in [0.5, 0.6) is 11.8 Å². The number of tetrazole rings is 1. The van der Waals surface area contributed by atoms with Crippen LogP contribution in [-0.4, -0.2) is 25.2 Å². The van der Waals surface area contributed by atoms with Crippen LogP contribution in [-0.2, 0) is 0 Å². The molecule has 2 aromatic carbocycles. The second-order valence-electron chi connectivity index (χ2n) is 5.33. The van der Waals surface area contributed by atoms with Crippen molar-refractivity contribution in [3.05, 3.63) is 63.2 Å². The van der Waals surface area contributed by atoms with E-state index in [1.54, 1.807) is 0 Å². The third-order valence-electron chi connectivity index (χ3n) is 3.61. The third-order valence-corrected chi connectivity index (χ3v) is 4.86. The minimum Gasteiger partial charge on any atom is -0.420 e. The molecule has 0 atom stereocenters. The summed E-state index contributed by atoms with van der Waals surface area (Å²) in [4.78, 5) is 4.62. The Morgan fingerprint density at radius 3 is 2.60 bits per heavy atom. The first-order chi connectivity index (χ1) is 12.1. The number of hydrogen-bond acceptors (Lipinski definition) is 5. The first-order valence-corrected chi connectivity index (χ1v) is 8.99. The topological polar surface area (TPSA) is 65.7 Å². The molecule has 0 saturated carbocycles. The van der Waals surface area contributed by atoms with Crippen LogP contribution in [0.15, 0.2) is 57.5 Å². The quantitative estimate of drug-likeness (QED) is 0.437. The number of nitrogens with zero attached hydrogens (tertiary/aromatic N) is 5. The normalized spacial score (nSPS) is 11.0. The van der Waals surface area contributed by atoms with E-state index in [1.807, 2.05) is 55.5 Å². The van der Waals surface area contributed by atoms with Gasteiger partial charge in [-0.2, -0.15) is 4.68 Å². The molecule has 6 nitrogen and oxygen atoms in total. The average molecular weight is 461 g/mol. The van der Waals surface area contributed by atoms with Crippen molar-refractivity contribution in [2.24, 2.45) is 0 Å². The molecular formula is C17H11Br2N5O. The molecule has 0 amide bonds. The summed E-state index contributed by atoms with van der Waals surface area (Å²) in [5.41, 5.74) is 2.43. The second-order valence-corrected chi connectivity index (χ2v) is 7.04. The Balaban J connectivity index is 1.86. The van der Waals surface area contributed by atoms with Gasteiger partial charge in [-0.25, -0.2) is 4.98 Å². The van der Waals surface area contributed by atoms with Gasteiger partial charge >= 0.3 is 6.01 Å². The summed E-state index contributed by atoms with van der Waals surface area (Å²) in [6, 6.07) is 15.7. The van der Waals surface area contributed by atoms with Gasteiger partial charge in [0.1, 0.15) is 5.52 Å². The van der Waals surface area contributed by atoms with Gasteiger partial charge in [0.2, 0.25) is 0 Å². The Hall–Kier alpha value is -2.32. The average Bonchev–Trinajstić information content (AvgIpc) is 3.07. The number of benzene rings is 2. The highest BCUT2D eigenvalue weighted by Gasteiger charge is 2.17. The minimum absolute atomic E-state index is 0.263. The van der Waals surface area contributed by atoms with Crippen LogP contribution in [0.25, 0.3) is 16.6 Å². The number of halogens is 2. The van der Waals surface area contributed by atoms with Gasteiger partial charge in [0.05, 0.1) is 10.2 Å². The summed E-state index contributed by atoms with van der Waals surface area (Å²) < 4.78 is 9.28. The van der Waals surface area contributed by atoms with Gasteiger partial charge in [0.25, 0.3) is 0 Å². The van der Waals surface area contributed by atoms with E-state index in [-0.39, 0.29) is 6.01 Å². The molecule has 2 aromatic heterocycles. The van der Waals surface area contributed by atoms with Gasteiger partial charge < -0.3 is 4.74 Å². The van der Waals surface area contributed by atoms with Gasteiger partial charge in [-0.1, -0.05) is 39.2 Å². The van der Waals surface area contributed by atoms with Crippen LogP contribution in [0.3, 0.4) is 0 Å². The molecule has 0 N–H and O–H groups in total. The van der Waals surface area contributed by atoms with Crippen molar-refractivity contribution < 1.29 is 4.74 Å². The smallest absolute Gasteiger partial charge is 0.346 e. The number of fused-ring (bicyclic) bond motifs is 1. The molecule has 4 aromatic rings. The van der Waals surface area contributed by atoms with E-state index < -0.39 is 0 Å². The number of rotatable bonds is 3. The van der Waals surface area contributed by atoms with E-state index >= 15 is 0 Å². The van der Waals surface area contributed by atoms with E-state index in [0.717, 1.165) is 31.2 Å². The van der Waals surface area contributed by atoms with Crippen LogP contribution in [0, 0.1) is 6.92 Å². The molecule has 0 unspecified atom stereocenters. The molecule has 8 heteroatoms. The highest BCUT2D eigenvalue weighted by atomic mass is 79.9. The molecule has 124 valence electrons. The maximum atomic E-state index is 6.05. The van der Waals surface area contributed by atoms with Crippen molar-refractivity contribution in [1.82, 2.24) is 25.2 Å². The molecule has 25 heavy (non-hydrogen) atoms. The Morgan fingerprint density at radius 1 is 1.00 bits per heavy atom. The Kier molecular flexibility index (Phi) is 4.22. The fourth-order valence-corrected chi connectivity index (χ4v) is 3.81. The van der Waals surface area contributed by atoms with Crippen LogP contribution in [0.1, 0.15) is 5.69 Å². The lowest BCUT2D eigenvalue weighted by Gasteiger charge is -2.12. The monoisotopic (exact) mass is 459 g/mol. The van der Waals surface area contributed by atoms with Crippen LogP contribution >= 0.6 is 31.9 Å². The lowest BCUT2D eigenvalue weighted by Crippen LogP contribution is -2.01. The van der Waals surface area contributed by atoms with Crippen molar-refractivity contribution in [2.75, 3.05) is 0 Å². The first kappa shape index (κ1) is 16.2. The lowest BCUT2D eigenvalue weighted by atomic mass is 10.2. The summed E-state index contributed by atoms with van der Waals surface area (Å²) in [6.45, 7) is 1.94. The highest BCUT2D eigenvalue weighted by Crippen LogP contribution is 2.39. The SMILES string of the molecule is Cc1ccc2c(Br)cc(Br)c(Oc3nnnn3-c3ccccc3)c2n1. The van der Waals surface area contributed by atoms with Crippen molar-refractivity contribution in [3.8, 4) is 17.4 Å². The molecule has 2 heterocycles. The van der Waals surface area contributed by atoms with Crippen molar-refractivity contribution in [1.29, 1.82) is 0 Å². The zero-order chi connectivity index (χ0) is 17.4. The number of para-hydroxylation sites is 1. The highest BCUT2D eigenvalue weighted by molar-refractivity contribution is 9.11. The maximum absolute atomic E-state index is 6.05. The largest absolute Gasteiger partial charge is 0.420 e. The summed E-state index contributed by atoms with van der Waals surface area (Å²) in [5, 5.41) is 12.7. The van der Waals surface area contributed by atoms with Crippen molar-refractivity contribution in [3.63, 3.8) is 0 Å². The van der Waals surface area contributed by atoms with Gasteiger partial charge in [-0.3, -0.25) is 0 Å². The predicted molar refractivity (Wildman–Crippen MR) is 101 cm³/mol. The fourth-order valence-electron chi connectivity index (χ4n) is 2.45. The van der Waals surface area contributed by atoms with Crippen LogP contribution in [0.2, 0.25) is 0 Å². The minimum atomic E-state index is 0.263. The molecular weight excluding hydrogens is 450 g/mol. The molecule has 0 aliphatic heterocycles. The van der Waals surface area contributed by atoms with Gasteiger partial charge in [-0.15, -0.1) is 0 Å². The zero-order valence-electron chi connectivity index (χ0n) is 13.0. The number of ether oxygens (including phenoxy) is 1. The van der Waals surface area contributed by atoms with E-state index in [4.69, 9.17) is 4.74 Å². The third kappa shape index (κ3) is 3.03. The lowest BCUT2D eigenvalue weighted by molar-refractivity contribution is 0.428. The fraction of sp³-hybridized carbons (Fsp3) is 0.0588. The number of aromatic nitrogens is 5. The standard InChI is InChI=1S/C17H11Br2N5O/c1-10-7-8-12-13(18)9-14(19)16(15(12)20-10)25-17-21-22-23-24(17)11-5-3-2-4-6-11/h2-9H,1H3. The first-order valence-electron chi connectivity index (χ1n) is 7.40. The molecule has 4 rings (SSSR count). The zero-order valence-corrected chi connectivity index (χ0v) is 16.2. The summed E-state index contributed by atoms with van der Waals surface area (Å²) >= 11 is 7.11. The summed E-state index contributed by atoms with van der Waals surface area (Å²) in [5.74, 6) is 0.564. The molecule has 0 bridgehead atoms. The predicted octanol–water partition coefficient (Wildman–Crippen LogP) is 4.84. The van der Waals surface area contributed by atoms with Gasteiger partial charge in [0.15, 0.2) is 5.75 Å². The Labute approximate surface area is 160 Å². The van der Waals surface area contributed by atoms with Crippen molar-refractivity contribution in [2.45, 2.75) is 6.92 Å². The van der Waals surface area contributed by atoms with E-state index in [2.05, 4.69) is 52.4 Å². The van der Waals surface area contributed by atoms with E-state index in [1.165, 1.54) is 4.68 Å². The summed E-state index contributed by atoms with van der Waals surface area (Å²) in [7, 11) is 0. The van der Waals surface area contributed by atoms with Gasteiger partial charge in [-0.05, 0) is 63.6 Å². The molecule has 0 saturated heterocycles. The Morgan fingerprint density at radius 2 is 1.80 bits per heavy atom. The maximum Gasteiger partial charge on any atom is 0.346 e. The summed E-state index contributed by atoms with van der Waals surface area (Å²) in [6.07, 6.45) is 0. The van der Waals surface area contributed by atoms with Crippen LogP contribution < -0.4 is 4.74 Å². The number of hydrogen-bond donors (Lipinski definition) is 0. The Bertz CT molecular complexity index is 1070. The molecule has 0 radical (unpaired) electrons.